The highest BCUT2D eigenvalue weighted by molar-refractivity contribution is 7.91. The van der Waals surface area contributed by atoms with Gasteiger partial charge in [-0.3, -0.25) is 14.5 Å². The summed E-state index contributed by atoms with van der Waals surface area (Å²) in [6.07, 6.45) is 1.08. The van der Waals surface area contributed by atoms with Gasteiger partial charge < -0.3 is 5.32 Å². The predicted molar refractivity (Wildman–Crippen MR) is 101 cm³/mol. The molecule has 0 radical (unpaired) electrons. The van der Waals surface area contributed by atoms with E-state index < -0.39 is 31.8 Å². The highest BCUT2D eigenvalue weighted by atomic mass is 32.2. The number of anilines is 1. The number of amidine groups is 1. The number of rotatable bonds is 4. The van der Waals surface area contributed by atoms with Crippen molar-refractivity contribution in [1.82, 2.24) is 4.72 Å². The van der Waals surface area contributed by atoms with Crippen LogP contribution in [0.5, 0.6) is 0 Å². The number of amides is 1. The Morgan fingerprint density at radius 2 is 1.85 bits per heavy atom. The maximum atomic E-state index is 12.4. The third-order valence-electron chi connectivity index (χ3n) is 3.89. The number of aliphatic imine (C=N–C) groups is 1. The number of fused-ring (bicyclic) bond motifs is 1. The van der Waals surface area contributed by atoms with Crippen molar-refractivity contribution in [1.29, 1.82) is 0 Å². The van der Waals surface area contributed by atoms with Crippen molar-refractivity contribution in [3.8, 4) is 0 Å². The third-order valence-corrected chi connectivity index (χ3v) is 6.40. The number of nitrogens with one attached hydrogen (secondary N) is 2. The fourth-order valence-electron chi connectivity index (χ4n) is 2.53. The van der Waals surface area contributed by atoms with Crippen LogP contribution in [0.2, 0.25) is 0 Å². The highest BCUT2D eigenvalue weighted by Gasteiger charge is 2.31. The summed E-state index contributed by atoms with van der Waals surface area (Å²) in [6, 6.07) is 11.3. The Labute approximate surface area is 157 Å². The minimum atomic E-state index is -3.69. The number of sulfone groups is 1. The molecule has 1 amide bonds. The van der Waals surface area contributed by atoms with Crippen LogP contribution in [-0.2, 0) is 24.7 Å². The van der Waals surface area contributed by atoms with Gasteiger partial charge in [0.25, 0.3) is 10.0 Å². The maximum Gasteiger partial charge on any atom is 0.263 e. The Kier molecular flexibility index (Phi) is 4.79. The first kappa shape index (κ1) is 19.1. The molecular formula is C17H17N3O5S2. The van der Waals surface area contributed by atoms with E-state index in [0.29, 0.717) is 11.3 Å². The summed E-state index contributed by atoms with van der Waals surface area (Å²) in [5.41, 5.74) is 0.707. The molecule has 1 heterocycles. The van der Waals surface area contributed by atoms with Crippen molar-refractivity contribution in [2.24, 2.45) is 4.99 Å². The zero-order valence-electron chi connectivity index (χ0n) is 14.5. The van der Waals surface area contributed by atoms with Gasteiger partial charge in [0.1, 0.15) is 11.9 Å². The first-order valence-corrected chi connectivity index (χ1v) is 11.3. The summed E-state index contributed by atoms with van der Waals surface area (Å²) >= 11 is 0. The molecule has 0 saturated carbocycles. The smallest absolute Gasteiger partial charge is 0.263 e. The quantitative estimate of drug-likeness (QED) is 0.787. The highest BCUT2D eigenvalue weighted by Crippen LogP contribution is 2.23. The molecule has 0 bridgehead atoms. The van der Waals surface area contributed by atoms with Crippen molar-refractivity contribution in [2.75, 3.05) is 11.6 Å². The van der Waals surface area contributed by atoms with Crippen molar-refractivity contribution >= 4 is 37.3 Å². The molecule has 8 nitrogen and oxygen atoms in total. The lowest BCUT2D eigenvalue weighted by molar-refractivity contribution is -0.117. The van der Waals surface area contributed by atoms with Gasteiger partial charge >= 0.3 is 0 Å². The molecule has 3 rings (SSSR count). The fraction of sp³-hybridized carbons (Fsp3) is 0.176. The number of sulfonamides is 1. The van der Waals surface area contributed by atoms with Crippen molar-refractivity contribution in [3.63, 3.8) is 0 Å². The van der Waals surface area contributed by atoms with E-state index in [-0.39, 0.29) is 15.6 Å². The van der Waals surface area contributed by atoms with E-state index in [1.54, 1.807) is 24.3 Å². The first-order chi connectivity index (χ1) is 12.6. The molecule has 2 N–H and O–H groups in total. The Morgan fingerprint density at radius 1 is 1.15 bits per heavy atom. The second-order valence-corrected chi connectivity index (χ2v) is 9.71. The molecule has 0 aromatic heterocycles. The van der Waals surface area contributed by atoms with Crippen LogP contribution in [0.3, 0.4) is 0 Å². The van der Waals surface area contributed by atoms with Crippen molar-refractivity contribution < 1.29 is 21.6 Å². The number of benzene rings is 2. The molecule has 1 aliphatic rings. The molecule has 0 fully saturated rings. The summed E-state index contributed by atoms with van der Waals surface area (Å²) in [5, 5.41) is 2.59. The van der Waals surface area contributed by atoms with Crippen molar-refractivity contribution in [3.05, 3.63) is 54.1 Å². The normalized spacial score (nSPS) is 17.8. The van der Waals surface area contributed by atoms with Crippen LogP contribution in [0.1, 0.15) is 12.5 Å². The minimum Gasteiger partial charge on any atom is -0.324 e. The largest absolute Gasteiger partial charge is 0.324 e. The van der Waals surface area contributed by atoms with Gasteiger partial charge in [-0.25, -0.2) is 16.8 Å². The predicted octanol–water partition coefficient (Wildman–Crippen LogP) is 1.16. The Balaban J connectivity index is 1.83. The molecule has 1 atom stereocenters. The summed E-state index contributed by atoms with van der Waals surface area (Å²) in [4.78, 5) is 16.8. The van der Waals surface area contributed by atoms with Crippen LogP contribution in [0.15, 0.2) is 63.3 Å². The zero-order valence-corrected chi connectivity index (χ0v) is 16.1. The Hall–Kier alpha value is -2.72. The lowest BCUT2D eigenvalue weighted by atomic mass is 10.2. The van der Waals surface area contributed by atoms with Crippen LogP contribution >= 0.6 is 0 Å². The van der Waals surface area contributed by atoms with Crippen LogP contribution in [-0.4, -0.2) is 40.9 Å². The number of carbonyl (C=O) groups excluding carboxylic acids is 1. The van der Waals surface area contributed by atoms with Gasteiger partial charge in [0.05, 0.1) is 9.79 Å². The summed E-state index contributed by atoms with van der Waals surface area (Å²) in [5.74, 6) is -0.408. The van der Waals surface area contributed by atoms with Crippen LogP contribution < -0.4 is 10.0 Å². The SMILES string of the molecule is C[C@H](N=C1NS(=O)(=O)c2ccccc21)C(=O)Nc1cccc(S(C)(=O)=O)c1. The lowest BCUT2D eigenvalue weighted by Gasteiger charge is -2.10. The van der Waals surface area contributed by atoms with Crippen LogP contribution in [0.4, 0.5) is 5.69 Å². The van der Waals surface area contributed by atoms with E-state index in [0.717, 1.165) is 6.26 Å². The molecule has 27 heavy (non-hydrogen) atoms. The molecule has 0 saturated heterocycles. The third kappa shape index (κ3) is 4.01. The van der Waals surface area contributed by atoms with Gasteiger partial charge in [-0.05, 0) is 37.3 Å². The fourth-order valence-corrected chi connectivity index (χ4v) is 4.44. The van der Waals surface area contributed by atoms with Gasteiger partial charge in [0, 0.05) is 17.5 Å². The number of carbonyl (C=O) groups is 1. The number of hydrogen-bond donors (Lipinski definition) is 2. The summed E-state index contributed by atoms with van der Waals surface area (Å²) in [6.45, 7) is 1.51. The second kappa shape index (κ2) is 6.78. The molecule has 2 aromatic rings. The standard InChI is InChI=1S/C17H17N3O5S2/c1-11(17(21)19-12-6-5-7-13(10-12)26(2,22)23)18-16-14-8-3-4-9-15(14)27(24,25)20-16/h3-11H,1-2H3,(H,18,20)(H,19,21)/t11-/m0/s1. The van der Waals surface area contributed by atoms with Crippen LogP contribution in [0.25, 0.3) is 0 Å². The lowest BCUT2D eigenvalue weighted by Crippen LogP contribution is -2.28. The molecular weight excluding hydrogens is 390 g/mol. The molecule has 2 aromatic carbocycles. The van der Waals surface area contributed by atoms with Gasteiger partial charge in [0.15, 0.2) is 9.84 Å². The number of nitrogens with zero attached hydrogens (tertiary/aromatic N) is 1. The molecule has 10 heteroatoms. The Bertz CT molecular complexity index is 1150. The average molecular weight is 407 g/mol. The van der Waals surface area contributed by atoms with E-state index in [1.165, 1.54) is 31.2 Å². The van der Waals surface area contributed by atoms with Gasteiger partial charge in [-0.2, -0.15) is 0 Å². The van der Waals surface area contributed by atoms with E-state index in [4.69, 9.17) is 0 Å². The molecule has 142 valence electrons. The average Bonchev–Trinajstić information content (AvgIpc) is 2.85. The van der Waals surface area contributed by atoms with Crippen LogP contribution in [0, 0.1) is 0 Å². The second-order valence-electron chi connectivity index (χ2n) is 6.04. The topological polar surface area (TPSA) is 122 Å². The maximum absolute atomic E-state index is 12.4. The van der Waals surface area contributed by atoms with E-state index in [1.807, 2.05) is 0 Å². The van der Waals surface area contributed by atoms with Gasteiger partial charge in [0.2, 0.25) is 5.91 Å². The molecule has 1 aliphatic heterocycles. The Morgan fingerprint density at radius 3 is 2.56 bits per heavy atom. The molecule has 0 unspecified atom stereocenters. The van der Waals surface area contributed by atoms with E-state index in [2.05, 4.69) is 15.0 Å². The van der Waals surface area contributed by atoms with Crippen molar-refractivity contribution in [2.45, 2.75) is 22.8 Å². The first-order valence-electron chi connectivity index (χ1n) is 7.89. The van der Waals surface area contributed by atoms with Gasteiger partial charge in [-0.1, -0.05) is 18.2 Å². The summed E-state index contributed by atoms with van der Waals surface area (Å²) in [7, 11) is -7.09. The monoisotopic (exact) mass is 407 g/mol. The minimum absolute atomic E-state index is 0.0803. The van der Waals surface area contributed by atoms with E-state index >= 15 is 0 Å². The van der Waals surface area contributed by atoms with Gasteiger partial charge in [-0.15, -0.1) is 0 Å². The number of hydrogen-bond acceptors (Lipinski definition) is 6. The molecule has 0 aliphatic carbocycles. The molecule has 0 spiro atoms. The zero-order chi connectivity index (χ0) is 19.8. The summed E-state index contributed by atoms with van der Waals surface area (Å²) < 4.78 is 49.7. The van der Waals surface area contributed by atoms with E-state index in [9.17, 15) is 21.6 Å².